The van der Waals surface area contributed by atoms with Gasteiger partial charge in [-0.2, -0.15) is 0 Å². The fourth-order valence-corrected chi connectivity index (χ4v) is 3.91. The van der Waals surface area contributed by atoms with Crippen molar-refractivity contribution in [3.05, 3.63) is 23.8 Å². The van der Waals surface area contributed by atoms with Gasteiger partial charge in [0.25, 0.3) is 5.91 Å². The highest BCUT2D eigenvalue weighted by Gasteiger charge is 2.32. The second kappa shape index (κ2) is 8.61. The van der Waals surface area contributed by atoms with Gasteiger partial charge < -0.3 is 25.0 Å². The molecule has 1 aromatic rings. The Labute approximate surface area is 160 Å². The topological polar surface area (TPSA) is 85.1 Å². The highest BCUT2D eigenvalue weighted by Crippen LogP contribution is 2.26. The first-order valence-electron chi connectivity index (χ1n) is 9.58. The van der Waals surface area contributed by atoms with E-state index in [1.807, 2.05) is 4.90 Å². The maximum absolute atomic E-state index is 12.9. The van der Waals surface area contributed by atoms with Gasteiger partial charge in [-0.1, -0.05) is 0 Å². The molecule has 7 heteroatoms. The summed E-state index contributed by atoms with van der Waals surface area (Å²) in [6.07, 6.45) is 3.34. The third-order valence-corrected chi connectivity index (χ3v) is 5.50. The quantitative estimate of drug-likeness (QED) is 0.862. The number of hydrogen-bond acceptors (Lipinski definition) is 5. The Balaban J connectivity index is 1.60. The molecule has 2 N–H and O–H groups in total. The molecule has 2 heterocycles. The van der Waals surface area contributed by atoms with E-state index in [1.54, 1.807) is 37.3 Å². The fraction of sp³-hybridized carbons (Fsp3) is 0.600. The summed E-state index contributed by atoms with van der Waals surface area (Å²) >= 11 is 0. The summed E-state index contributed by atoms with van der Waals surface area (Å²) in [6, 6.07) is 5.27. The molecule has 0 bridgehead atoms. The predicted molar refractivity (Wildman–Crippen MR) is 102 cm³/mol. The summed E-state index contributed by atoms with van der Waals surface area (Å²) in [4.78, 5) is 29.3. The predicted octanol–water partition coefficient (Wildman–Crippen LogP) is 1.51. The number of amides is 2. The molecular weight excluding hydrogens is 346 g/mol. The maximum atomic E-state index is 12.9. The van der Waals surface area contributed by atoms with Crippen molar-refractivity contribution in [3.63, 3.8) is 0 Å². The van der Waals surface area contributed by atoms with Crippen LogP contribution in [0.15, 0.2) is 18.2 Å². The number of hydrogen-bond donors (Lipinski definition) is 1. The van der Waals surface area contributed by atoms with Crippen molar-refractivity contribution in [1.82, 2.24) is 9.80 Å². The van der Waals surface area contributed by atoms with Crippen molar-refractivity contribution in [2.24, 2.45) is 11.7 Å². The van der Waals surface area contributed by atoms with Crippen LogP contribution in [0.4, 0.5) is 0 Å². The van der Waals surface area contributed by atoms with Gasteiger partial charge in [0.1, 0.15) is 11.5 Å². The molecule has 27 heavy (non-hydrogen) atoms. The number of rotatable bonds is 4. The zero-order valence-corrected chi connectivity index (χ0v) is 16.1. The number of benzene rings is 1. The molecular formula is C20H29N3O4. The van der Waals surface area contributed by atoms with Crippen LogP contribution in [0.1, 0.15) is 36.0 Å². The Bertz CT molecular complexity index is 664. The average molecular weight is 375 g/mol. The molecule has 148 valence electrons. The van der Waals surface area contributed by atoms with Crippen molar-refractivity contribution in [2.45, 2.75) is 31.7 Å². The average Bonchev–Trinajstić information content (AvgIpc) is 2.72. The molecule has 0 aliphatic carbocycles. The molecule has 0 radical (unpaired) electrons. The molecule has 0 spiro atoms. The SMILES string of the molecule is COc1cc(OC)cc(C(=O)N2CCC(C(=O)N3CCCC(N)C3)CC2)c1. The van der Waals surface area contributed by atoms with E-state index >= 15 is 0 Å². The van der Waals surface area contributed by atoms with E-state index in [2.05, 4.69) is 0 Å². The highest BCUT2D eigenvalue weighted by atomic mass is 16.5. The Hall–Kier alpha value is -2.28. The molecule has 2 aliphatic heterocycles. The number of ether oxygens (including phenoxy) is 2. The van der Waals surface area contributed by atoms with E-state index in [9.17, 15) is 9.59 Å². The number of nitrogens with two attached hydrogens (primary N) is 1. The van der Waals surface area contributed by atoms with Crippen LogP contribution in [0.25, 0.3) is 0 Å². The molecule has 1 atom stereocenters. The van der Waals surface area contributed by atoms with Crippen LogP contribution in [0.3, 0.4) is 0 Å². The third-order valence-electron chi connectivity index (χ3n) is 5.50. The Kier molecular flexibility index (Phi) is 6.21. The van der Waals surface area contributed by atoms with E-state index in [1.165, 1.54) is 0 Å². The third kappa shape index (κ3) is 4.53. The largest absolute Gasteiger partial charge is 0.497 e. The number of carbonyl (C=O) groups is 2. The zero-order valence-electron chi connectivity index (χ0n) is 16.1. The molecule has 3 rings (SSSR count). The highest BCUT2D eigenvalue weighted by molar-refractivity contribution is 5.95. The van der Waals surface area contributed by atoms with E-state index in [0.29, 0.717) is 49.5 Å². The van der Waals surface area contributed by atoms with Gasteiger partial charge >= 0.3 is 0 Å². The lowest BCUT2D eigenvalue weighted by Crippen LogP contribution is -2.50. The Morgan fingerprint density at radius 2 is 1.59 bits per heavy atom. The standard InChI is InChI=1S/C20H29N3O4/c1-26-17-10-15(11-18(12-17)27-2)20(25)22-8-5-14(6-9-22)19(24)23-7-3-4-16(21)13-23/h10-12,14,16H,3-9,13,21H2,1-2H3. The van der Waals surface area contributed by atoms with Gasteiger partial charge in [0.05, 0.1) is 14.2 Å². The number of methoxy groups -OCH3 is 2. The Morgan fingerprint density at radius 1 is 0.963 bits per heavy atom. The monoisotopic (exact) mass is 375 g/mol. The molecule has 1 aromatic carbocycles. The van der Waals surface area contributed by atoms with Gasteiger partial charge in [0, 0.05) is 49.8 Å². The molecule has 0 saturated carbocycles. The van der Waals surface area contributed by atoms with Crippen LogP contribution in [0, 0.1) is 5.92 Å². The van der Waals surface area contributed by atoms with Crippen LogP contribution in [-0.4, -0.2) is 68.1 Å². The first-order valence-corrected chi connectivity index (χ1v) is 9.58. The lowest BCUT2D eigenvalue weighted by atomic mass is 9.93. The summed E-state index contributed by atoms with van der Waals surface area (Å²) in [7, 11) is 3.12. The van der Waals surface area contributed by atoms with E-state index in [4.69, 9.17) is 15.2 Å². The van der Waals surface area contributed by atoms with Crippen LogP contribution >= 0.6 is 0 Å². The van der Waals surface area contributed by atoms with E-state index in [0.717, 1.165) is 19.4 Å². The van der Waals surface area contributed by atoms with Gasteiger partial charge in [-0.3, -0.25) is 9.59 Å². The lowest BCUT2D eigenvalue weighted by Gasteiger charge is -2.37. The fourth-order valence-electron chi connectivity index (χ4n) is 3.91. The van der Waals surface area contributed by atoms with Gasteiger partial charge in [-0.15, -0.1) is 0 Å². The van der Waals surface area contributed by atoms with Gasteiger partial charge in [0.2, 0.25) is 5.91 Å². The van der Waals surface area contributed by atoms with E-state index < -0.39 is 0 Å². The molecule has 2 fully saturated rings. The summed E-state index contributed by atoms with van der Waals surface area (Å²) < 4.78 is 10.5. The van der Waals surface area contributed by atoms with Crippen molar-refractivity contribution in [2.75, 3.05) is 40.4 Å². The lowest BCUT2D eigenvalue weighted by molar-refractivity contribution is -0.138. The minimum Gasteiger partial charge on any atom is -0.497 e. The normalized spacial score (nSPS) is 21.1. The van der Waals surface area contributed by atoms with Crippen LogP contribution in [0.5, 0.6) is 11.5 Å². The molecule has 2 aliphatic rings. The summed E-state index contributed by atoms with van der Waals surface area (Å²) in [5, 5.41) is 0. The van der Waals surface area contributed by atoms with Crippen molar-refractivity contribution in [1.29, 1.82) is 0 Å². The van der Waals surface area contributed by atoms with E-state index in [-0.39, 0.29) is 23.8 Å². The molecule has 0 aromatic heterocycles. The first kappa shape index (κ1) is 19.5. The van der Waals surface area contributed by atoms with Crippen molar-refractivity contribution >= 4 is 11.8 Å². The zero-order chi connectivity index (χ0) is 19.4. The first-order chi connectivity index (χ1) is 13.0. The van der Waals surface area contributed by atoms with Crippen molar-refractivity contribution < 1.29 is 19.1 Å². The van der Waals surface area contributed by atoms with Gasteiger partial charge in [-0.05, 0) is 37.8 Å². The summed E-state index contributed by atoms with van der Waals surface area (Å²) in [5.74, 6) is 1.30. The van der Waals surface area contributed by atoms with Crippen LogP contribution in [-0.2, 0) is 4.79 Å². The smallest absolute Gasteiger partial charge is 0.254 e. The van der Waals surface area contributed by atoms with Gasteiger partial charge in [-0.25, -0.2) is 0 Å². The molecule has 2 amide bonds. The summed E-state index contributed by atoms with van der Waals surface area (Å²) in [5.41, 5.74) is 6.54. The number of carbonyl (C=O) groups excluding carboxylic acids is 2. The second-order valence-electron chi connectivity index (χ2n) is 7.35. The van der Waals surface area contributed by atoms with Crippen molar-refractivity contribution in [3.8, 4) is 11.5 Å². The molecule has 7 nitrogen and oxygen atoms in total. The molecule has 2 saturated heterocycles. The van der Waals surface area contributed by atoms with Crippen LogP contribution in [0.2, 0.25) is 0 Å². The summed E-state index contributed by atoms with van der Waals surface area (Å²) in [6.45, 7) is 2.61. The number of nitrogens with zero attached hydrogens (tertiary/aromatic N) is 2. The second-order valence-corrected chi connectivity index (χ2v) is 7.35. The number of piperidine rings is 2. The van der Waals surface area contributed by atoms with Gasteiger partial charge in [0.15, 0.2) is 0 Å². The number of likely N-dealkylation sites (tertiary alicyclic amines) is 2. The minimum atomic E-state index is -0.0573. The molecule has 1 unspecified atom stereocenters. The maximum Gasteiger partial charge on any atom is 0.254 e. The Morgan fingerprint density at radius 3 is 2.15 bits per heavy atom. The minimum absolute atomic E-state index is 0.0146. The van der Waals surface area contributed by atoms with Crippen LogP contribution < -0.4 is 15.2 Å².